The van der Waals surface area contributed by atoms with Gasteiger partial charge in [0.15, 0.2) is 6.29 Å². The molecule has 1 saturated heterocycles. The van der Waals surface area contributed by atoms with Crippen LogP contribution in [0.25, 0.3) is 0 Å². The largest absolute Gasteiger partial charge is 0.390 e. The van der Waals surface area contributed by atoms with E-state index in [2.05, 4.69) is 0 Å². The lowest BCUT2D eigenvalue weighted by Crippen LogP contribution is -2.49. The van der Waals surface area contributed by atoms with Gasteiger partial charge in [0, 0.05) is 13.5 Å². The van der Waals surface area contributed by atoms with Crippen LogP contribution in [-0.2, 0) is 9.47 Å². The first-order valence-electron chi connectivity index (χ1n) is 4.33. The summed E-state index contributed by atoms with van der Waals surface area (Å²) in [4.78, 5) is 0. The van der Waals surface area contributed by atoms with Gasteiger partial charge in [-0.25, -0.2) is 0 Å². The Morgan fingerprint density at radius 1 is 1.50 bits per heavy atom. The first kappa shape index (κ1) is 9.96. The number of methoxy groups -OCH3 is 1. The third-order valence-corrected chi connectivity index (χ3v) is 2.57. The fourth-order valence-corrected chi connectivity index (χ4v) is 1.69. The number of rotatable bonds is 1. The summed E-state index contributed by atoms with van der Waals surface area (Å²) >= 11 is 0. The van der Waals surface area contributed by atoms with Crippen LogP contribution in [0.1, 0.15) is 27.2 Å². The molecular weight excluding hydrogens is 156 g/mol. The number of ether oxygens (including phenoxy) is 2. The van der Waals surface area contributed by atoms with E-state index in [1.165, 1.54) is 0 Å². The van der Waals surface area contributed by atoms with E-state index in [4.69, 9.17) is 9.47 Å². The van der Waals surface area contributed by atoms with Crippen LogP contribution >= 0.6 is 0 Å². The van der Waals surface area contributed by atoms with E-state index in [9.17, 15) is 5.11 Å². The summed E-state index contributed by atoms with van der Waals surface area (Å²) in [6.07, 6.45) is 0.0376. The van der Waals surface area contributed by atoms with Gasteiger partial charge in [0.05, 0.1) is 12.2 Å². The van der Waals surface area contributed by atoms with Crippen molar-refractivity contribution in [1.82, 2.24) is 0 Å². The van der Waals surface area contributed by atoms with Crippen LogP contribution in [0.2, 0.25) is 0 Å². The second-order valence-corrected chi connectivity index (χ2v) is 4.14. The molecule has 0 amide bonds. The lowest BCUT2D eigenvalue weighted by Gasteiger charge is -2.42. The Kier molecular flexibility index (Phi) is 2.76. The molecule has 0 radical (unpaired) electrons. The standard InChI is InChI=1S/C9H18O3/c1-6-8(10)9(2,3)5-7(11-4)12-6/h6-8,10H,5H2,1-4H3. The van der Waals surface area contributed by atoms with Gasteiger partial charge in [-0.1, -0.05) is 13.8 Å². The molecule has 3 atom stereocenters. The van der Waals surface area contributed by atoms with Gasteiger partial charge < -0.3 is 14.6 Å². The molecule has 1 rings (SSSR count). The smallest absolute Gasteiger partial charge is 0.158 e. The van der Waals surface area contributed by atoms with E-state index < -0.39 is 6.10 Å². The molecule has 72 valence electrons. The van der Waals surface area contributed by atoms with Crippen LogP contribution < -0.4 is 0 Å². The molecule has 0 spiro atoms. The molecule has 3 unspecified atom stereocenters. The third-order valence-electron chi connectivity index (χ3n) is 2.57. The number of hydrogen-bond donors (Lipinski definition) is 1. The van der Waals surface area contributed by atoms with Gasteiger partial charge in [-0.15, -0.1) is 0 Å². The Balaban J connectivity index is 2.65. The number of hydrogen-bond acceptors (Lipinski definition) is 3. The topological polar surface area (TPSA) is 38.7 Å². The van der Waals surface area contributed by atoms with Crippen molar-refractivity contribution in [1.29, 1.82) is 0 Å². The molecule has 1 fully saturated rings. The van der Waals surface area contributed by atoms with E-state index in [1.807, 2.05) is 20.8 Å². The molecule has 1 aliphatic heterocycles. The Morgan fingerprint density at radius 2 is 2.08 bits per heavy atom. The van der Waals surface area contributed by atoms with Gasteiger partial charge in [0.25, 0.3) is 0 Å². The monoisotopic (exact) mass is 174 g/mol. The van der Waals surface area contributed by atoms with Crippen molar-refractivity contribution in [3.63, 3.8) is 0 Å². The first-order valence-corrected chi connectivity index (χ1v) is 4.33. The van der Waals surface area contributed by atoms with E-state index in [0.29, 0.717) is 0 Å². The van der Waals surface area contributed by atoms with Crippen molar-refractivity contribution in [3.05, 3.63) is 0 Å². The van der Waals surface area contributed by atoms with Gasteiger partial charge in [-0.2, -0.15) is 0 Å². The highest BCUT2D eigenvalue weighted by atomic mass is 16.7. The second kappa shape index (κ2) is 3.32. The van der Waals surface area contributed by atoms with Crippen LogP contribution in [0.15, 0.2) is 0 Å². The fourth-order valence-electron chi connectivity index (χ4n) is 1.69. The summed E-state index contributed by atoms with van der Waals surface area (Å²) in [5.74, 6) is 0. The number of aliphatic hydroxyl groups is 1. The maximum Gasteiger partial charge on any atom is 0.158 e. The molecule has 3 nitrogen and oxygen atoms in total. The Bertz CT molecular complexity index is 156. The quantitative estimate of drug-likeness (QED) is 0.648. The zero-order valence-corrected chi connectivity index (χ0v) is 8.20. The van der Waals surface area contributed by atoms with E-state index in [0.717, 1.165) is 6.42 Å². The average Bonchev–Trinajstić information content (AvgIpc) is 1.99. The van der Waals surface area contributed by atoms with E-state index in [-0.39, 0.29) is 17.8 Å². The Labute approximate surface area is 73.7 Å². The van der Waals surface area contributed by atoms with Gasteiger partial charge in [-0.05, 0) is 12.3 Å². The molecule has 0 aromatic carbocycles. The minimum atomic E-state index is -0.399. The lowest BCUT2D eigenvalue weighted by molar-refractivity contribution is -0.242. The van der Waals surface area contributed by atoms with Crippen LogP contribution in [0.3, 0.4) is 0 Å². The maximum atomic E-state index is 9.74. The summed E-state index contributed by atoms with van der Waals surface area (Å²) in [6, 6.07) is 0. The Morgan fingerprint density at radius 3 is 2.50 bits per heavy atom. The Hall–Kier alpha value is -0.120. The SMILES string of the molecule is COC1CC(C)(C)C(O)C(C)O1. The molecule has 0 saturated carbocycles. The molecule has 0 bridgehead atoms. The van der Waals surface area contributed by atoms with E-state index >= 15 is 0 Å². The van der Waals surface area contributed by atoms with Crippen LogP contribution in [0, 0.1) is 5.41 Å². The maximum absolute atomic E-state index is 9.74. The molecule has 0 aromatic heterocycles. The summed E-state index contributed by atoms with van der Waals surface area (Å²) in [5, 5.41) is 9.74. The molecule has 1 heterocycles. The molecular formula is C9H18O3. The predicted octanol–water partition coefficient (Wildman–Crippen LogP) is 1.15. The van der Waals surface area contributed by atoms with Gasteiger partial charge in [0.2, 0.25) is 0 Å². The molecule has 1 N–H and O–H groups in total. The van der Waals surface area contributed by atoms with Crippen molar-refractivity contribution in [2.45, 2.75) is 45.7 Å². The fraction of sp³-hybridized carbons (Fsp3) is 1.00. The van der Waals surface area contributed by atoms with Crippen LogP contribution in [-0.4, -0.2) is 30.7 Å². The first-order chi connectivity index (χ1) is 5.47. The highest BCUT2D eigenvalue weighted by molar-refractivity contribution is 4.87. The summed E-state index contributed by atoms with van der Waals surface area (Å²) in [6.45, 7) is 5.93. The molecule has 12 heavy (non-hydrogen) atoms. The summed E-state index contributed by atoms with van der Waals surface area (Å²) in [5.41, 5.74) is -0.113. The summed E-state index contributed by atoms with van der Waals surface area (Å²) < 4.78 is 10.5. The zero-order chi connectivity index (χ0) is 9.35. The summed E-state index contributed by atoms with van der Waals surface area (Å²) in [7, 11) is 1.63. The molecule has 3 heteroatoms. The van der Waals surface area contributed by atoms with Crippen molar-refractivity contribution >= 4 is 0 Å². The zero-order valence-electron chi connectivity index (χ0n) is 8.20. The molecule has 0 aromatic rings. The molecule has 1 aliphatic rings. The van der Waals surface area contributed by atoms with Gasteiger partial charge in [0.1, 0.15) is 0 Å². The van der Waals surface area contributed by atoms with Crippen molar-refractivity contribution < 1.29 is 14.6 Å². The van der Waals surface area contributed by atoms with Gasteiger partial charge in [-0.3, -0.25) is 0 Å². The normalized spacial score (nSPS) is 41.2. The van der Waals surface area contributed by atoms with Crippen LogP contribution in [0.4, 0.5) is 0 Å². The minimum Gasteiger partial charge on any atom is -0.390 e. The second-order valence-electron chi connectivity index (χ2n) is 4.14. The number of aliphatic hydroxyl groups excluding tert-OH is 1. The van der Waals surface area contributed by atoms with E-state index in [1.54, 1.807) is 7.11 Å². The average molecular weight is 174 g/mol. The third kappa shape index (κ3) is 1.79. The predicted molar refractivity (Wildman–Crippen MR) is 45.7 cm³/mol. The highest BCUT2D eigenvalue weighted by Gasteiger charge is 2.40. The molecule has 0 aliphatic carbocycles. The van der Waals surface area contributed by atoms with Crippen molar-refractivity contribution in [2.75, 3.05) is 7.11 Å². The van der Waals surface area contributed by atoms with Crippen LogP contribution in [0.5, 0.6) is 0 Å². The van der Waals surface area contributed by atoms with Crippen molar-refractivity contribution in [2.24, 2.45) is 5.41 Å². The highest BCUT2D eigenvalue weighted by Crippen LogP contribution is 2.35. The van der Waals surface area contributed by atoms with Gasteiger partial charge >= 0.3 is 0 Å². The van der Waals surface area contributed by atoms with Crippen molar-refractivity contribution in [3.8, 4) is 0 Å². The minimum absolute atomic E-state index is 0.113. The lowest BCUT2D eigenvalue weighted by atomic mass is 9.79.